The normalized spacial score (nSPS) is 40.6. The number of hydrogen-bond acceptors (Lipinski definition) is 6. The first-order chi connectivity index (χ1) is 8.54. The Balaban J connectivity index is 2.03. The van der Waals surface area contributed by atoms with Crippen LogP contribution >= 0.6 is 0 Å². The number of nitrogens with zero attached hydrogens (tertiary/aromatic N) is 1. The lowest BCUT2D eigenvalue weighted by Gasteiger charge is -2.42. The van der Waals surface area contributed by atoms with E-state index < -0.39 is 36.4 Å². The lowest BCUT2D eigenvalue weighted by molar-refractivity contribution is -0.184. The first kappa shape index (κ1) is 13.7. The minimum absolute atomic E-state index is 0.271. The Morgan fingerprint density at radius 2 is 2.06 bits per heavy atom. The maximum Gasteiger partial charge on any atom is 0.306 e. The molecule has 0 radical (unpaired) electrons. The molecular formula is C12H21NO5. The van der Waals surface area contributed by atoms with Crippen molar-refractivity contribution in [1.29, 1.82) is 0 Å². The highest BCUT2D eigenvalue weighted by atomic mass is 16.6. The average Bonchev–Trinajstić information content (AvgIpc) is 2.66. The molecule has 6 nitrogen and oxygen atoms in total. The summed E-state index contributed by atoms with van der Waals surface area (Å²) in [4.78, 5) is 13.3. The minimum atomic E-state index is -1.04. The summed E-state index contributed by atoms with van der Waals surface area (Å²) in [7, 11) is 0. The van der Waals surface area contributed by atoms with Gasteiger partial charge in [0.05, 0.1) is 12.1 Å². The fourth-order valence-corrected chi connectivity index (χ4v) is 2.85. The van der Waals surface area contributed by atoms with Crippen molar-refractivity contribution in [2.45, 2.75) is 56.6 Å². The summed E-state index contributed by atoms with van der Waals surface area (Å²) in [5.41, 5.74) is 0. The summed E-state index contributed by atoms with van der Waals surface area (Å²) < 4.78 is 5.14. The number of hydrogen-bond donors (Lipinski definition) is 3. The molecule has 0 aliphatic carbocycles. The molecule has 2 aliphatic heterocycles. The molecule has 2 fully saturated rings. The molecule has 18 heavy (non-hydrogen) atoms. The molecule has 0 amide bonds. The number of aliphatic hydroxyl groups excluding tert-OH is 3. The summed E-state index contributed by atoms with van der Waals surface area (Å²) in [6, 6.07) is -0.437. The van der Waals surface area contributed by atoms with Gasteiger partial charge < -0.3 is 20.1 Å². The fourth-order valence-electron chi connectivity index (χ4n) is 2.85. The van der Waals surface area contributed by atoms with E-state index in [0.29, 0.717) is 25.9 Å². The second-order valence-electron chi connectivity index (χ2n) is 5.10. The van der Waals surface area contributed by atoms with Crippen molar-refractivity contribution in [2.24, 2.45) is 0 Å². The van der Waals surface area contributed by atoms with Crippen LogP contribution in [0.25, 0.3) is 0 Å². The van der Waals surface area contributed by atoms with Crippen LogP contribution in [0.5, 0.6) is 0 Å². The molecule has 2 saturated heterocycles. The van der Waals surface area contributed by atoms with Crippen LogP contribution < -0.4 is 0 Å². The van der Waals surface area contributed by atoms with E-state index in [1.807, 2.05) is 11.8 Å². The lowest BCUT2D eigenvalue weighted by atomic mass is 9.93. The van der Waals surface area contributed by atoms with E-state index in [9.17, 15) is 20.1 Å². The molecule has 5 atom stereocenters. The van der Waals surface area contributed by atoms with Crippen LogP contribution in [0.4, 0.5) is 0 Å². The maximum absolute atomic E-state index is 11.5. The zero-order valence-electron chi connectivity index (χ0n) is 10.5. The van der Waals surface area contributed by atoms with Crippen LogP contribution in [0.1, 0.15) is 26.2 Å². The molecule has 0 aromatic carbocycles. The van der Waals surface area contributed by atoms with E-state index in [0.717, 1.165) is 0 Å². The van der Waals surface area contributed by atoms with Gasteiger partial charge in [0.2, 0.25) is 0 Å². The molecule has 2 rings (SSSR count). The van der Waals surface area contributed by atoms with Gasteiger partial charge in [-0.3, -0.25) is 9.69 Å². The molecule has 2 heterocycles. The lowest BCUT2D eigenvalue weighted by Crippen LogP contribution is -2.62. The van der Waals surface area contributed by atoms with Crippen LogP contribution in [-0.4, -0.2) is 69.7 Å². The van der Waals surface area contributed by atoms with Gasteiger partial charge in [-0.15, -0.1) is 0 Å². The highest BCUT2D eigenvalue weighted by molar-refractivity contribution is 5.69. The molecule has 0 unspecified atom stereocenters. The first-order valence-corrected chi connectivity index (χ1v) is 6.52. The molecule has 0 aromatic rings. The van der Waals surface area contributed by atoms with Crippen molar-refractivity contribution in [2.75, 3.05) is 13.1 Å². The third-order valence-electron chi connectivity index (χ3n) is 3.74. The van der Waals surface area contributed by atoms with E-state index in [4.69, 9.17) is 4.74 Å². The second kappa shape index (κ2) is 5.52. The largest absolute Gasteiger partial charge is 0.457 e. The number of fused-ring (bicyclic) bond motifs is 1. The monoisotopic (exact) mass is 259 g/mol. The van der Waals surface area contributed by atoms with Gasteiger partial charge in [0.15, 0.2) is 6.10 Å². The molecule has 0 saturated carbocycles. The Kier molecular flexibility index (Phi) is 4.21. The smallest absolute Gasteiger partial charge is 0.306 e. The third-order valence-corrected chi connectivity index (χ3v) is 3.74. The van der Waals surface area contributed by atoms with Crippen molar-refractivity contribution in [3.8, 4) is 0 Å². The van der Waals surface area contributed by atoms with Crippen molar-refractivity contribution >= 4 is 5.97 Å². The number of aliphatic hydroxyl groups is 3. The van der Waals surface area contributed by atoms with E-state index in [2.05, 4.69) is 0 Å². The molecule has 0 bridgehead atoms. The predicted molar refractivity (Wildman–Crippen MR) is 62.8 cm³/mol. The van der Waals surface area contributed by atoms with Gasteiger partial charge in [-0.05, 0) is 12.8 Å². The SMILES string of the molecule is CCCC(=O)O[C@H]1[C@H](O)[C@H]2[C@@H](O)CCN2C[C@@H]1O. The van der Waals surface area contributed by atoms with Crippen molar-refractivity contribution in [1.82, 2.24) is 4.90 Å². The zero-order valence-corrected chi connectivity index (χ0v) is 10.5. The number of ether oxygens (including phenoxy) is 1. The van der Waals surface area contributed by atoms with Gasteiger partial charge in [-0.1, -0.05) is 6.92 Å². The standard InChI is InChI=1S/C12H21NO5/c1-2-3-9(16)18-12-8(15)6-13-5-4-7(14)10(13)11(12)17/h7-8,10-12,14-15,17H,2-6H2,1H3/t7-,8-,10+,11+,12+/m0/s1. The molecule has 0 spiro atoms. The Morgan fingerprint density at radius 1 is 1.33 bits per heavy atom. The van der Waals surface area contributed by atoms with Crippen molar-refractivity contribution in [3.05, 3.63) is 0 Å². The highest BCUT2D eigenvalue weighted by Crippen LogP contribution is 2.29. The molecular weight excluding hydrogens is 238 g/mol. The predicted octanol–water partition coefficient (Wildman–Crippen LogP) is -1.13. The quantitative estimate of drug-likeness (QED) is 0.556. The Hall–Kier alpha value is -0.690. The summed E-state index contributed by atoms with van der Waals surface area (Å²) in [6.07, 6.45) is -1.99. The van der Waals surface area contributed by atoms with Crippen molar-refractivity contribution in [3.63, 3.8) is 0 Å². The second-order valence-corrected chi connectivity index (χ2v) is 5.10. The number of carbonyl (C=O) groups excluding carboxylic acids is 1. The van der Waals surface area contributed by atoms with Crippen molar-refractivity contribution < 1.29 is 24.9 Å². The molecule has 104 valence electrons. The van der Waals surface area contributed by atoms with E-state index in [-0.39, 0.29) is 6.42 Å². The first-order valence-electron chi connectivity index (χ1n) is 6.52. The van der Waals surface area contributed by atoms with Crippen LogP contribution in [0.3, 0.4) is 0 Å². The highest BCUT2D eigenvalue weighted by Gasteiger charge is 2.49. The number of esters is 1. The summed E-state index contributed by atoms with van der Waals surface area (Å²) in [6.45, 7) is 2.83. The third kappa shape index (κ3) is 2.51. The fraction of sp³-hybridized carbons (Fsp3) is 0.917. The Bertz CT molecular complexity index is 311. The molecule has 2 aliphatic rings. The summed E-state index contributed by atoms with van der Waals surface area (Å²) >= 11 is 0. The van der Waals surface area contributed by atoms with Gasteiger partial charge in [0.1, 0.15) is 12.2 Å². The zero-order chi connectivity index (χ0) is 13.3. The van der Waals surface area contributed by atoms with Gasteiger partial charge in [0, 0.05) is 19.5 Å². The number of carbonyl (C=O) groups is 1. The number of rotatable bonds is 3. The summed E-state index contributed by atoms with van der Waals surface area (Å²) in [5, 5.41) is 29.9. The Morgan fingerprint density at radius 3 is 2.72 bits per heavy atom. The topological polar surface area (TPSA) is 90.2 Å². The van der Waals surface area contributed by atoms with Crippen LogP contribution in [0.15, 0.2) is 0 Å². The summed E-state index contributed by atoms with van der Waals surface area (Å²) in [5.74, 6) is -0.415. The molecule has 0 aromatic heterocycles. The number of piperidine rings is 1. The Labute approximate surface area is 106 Å². The maximum atomic E-state index is 11.5. The molecule has 3 N–H and O–H groups in total. The minimum Gasteiger partial charge on any atom is -0.457 e. The average molecular weight is 259 g/mol. The van der Waals surface area contributed by atoms with Gasteiger partial charge in [0.25, 0.3) is 0 Å². The van der Waals surface area contributed by atoms with E-state index >= 15 is 0 Å². The van der Waals surface area contributed by atoms with Crippen LogP contribution in [0.2, 0.25) is 0 Å². The van der Waals surface area contributed by atoms with Crippen LogP contribution in [0, 0.1) is 0 Å². The van der Waals surface area contributed by atoms with Crippen LogP contribution in [-0.2, 0) is 9.53 Å². The molecule has 6 heteroatoms. The van der Waals surface area contributed by atoms with E-state index in [1.54, 1.807) is 0 Å². The van der Waals surface area contributed by atoms with Gasteiger partial charge in [-0.25, -0.2) is 0 Å². The van der Waals surface area contributed by atoms with Gasteiger partial charge >= 0.3 is 5.97 Å². The van der Waals surface area contributed by atoms with E-state index in [1.165, 1.54) is 0 Å². The van der Waals surface area contributed by atoms with Gasteiger partial charge in [-0.2, -0.15) is 0 Å².